The molecular formula is C14H19NO5S. The molecule has 1 aromatic rings. The average Bonchev–Trinajstić information content (AvgIpc) is 2.93. The Morgan fingerprint density at radius 1 is 1.48 bits per heavy atom. The molecule has 2 unspecified atom stereocenters. The van der Waals surface area contributed by atoms with Gasteiger partial charge in [-0.2, -0.15) is 0 Å². The van der Waals surface area contributed by atoms with Crippen molar-refractivity contribution in [3.05, 3.63) is 29.8 Å². The molecule has 0 aromatic heterocycles. The lowest BCUT2D eigenvalue weighted by Gasteiger charge is -2.17. The fourth-order valence-corrected chi connectivity index (χ4v) is 3.61. The molecule has 116 valence electrons. The summed E-state index contributed by atoms with van der Waals surface area (Å²) in [5, 5.41) is 8.91. The molecule has 1 saturated heterocycles. The van der Waals surface area contributed by atoms with Gasteiger partial charge in [0, 0.05) is 19.1 Å². The zero-order valence-corrected chi connectivity index (χ0v) is 12.6. The number of benzene rings is 1. The van der Waals surface area contributed by atoms with E-state index in [1.54, 1.807) is 0 Å². The van der Waals surface area contributed by atoms with E-state index in [4.69, 9.17) is 9.84 Å². The summed E-state index contributed by atoms with van der Waals surface area (Å²) in [6.07, 6.45) is 1.76. The first-order valence-corrected chi connectivity index (χ1v) is 8.37. The normalized spacial score (nSPS) is 22.3. The number of rotatable bonds is 6. The monoisotopic (exact) mass is 313 g/mol. The van der Waals surface area contributed by atoms with E-state index in [-0.39, 0.29) is 22.5 Å². The fraction of sp³-hybridized carbons (Fsp3) is 0.500. The molecule has 2 rings (SSSR count). The predicted octanol–water partition coefficient (Wildman–Crippen LogP) is 1.48. The van der Waals surface area contributed by atoms with Crippen LogP contribution in [0.5, 0.6) is 0 Å². The quantitative estimate of drug-likeness (QED) is 0.830. The van der Waals surface area contributed by atoms with E-state index in [1.165, 1.54) is 18.2 Å². The van der Waals surface area contributed by atoms with Crippen molar-refractivity contribution in [1.82, 2.24) is 4.72 Å². The van der Waals surface area contributed by atoms with E-state index < -0.39 is 16.0 Å². The third kappa shape index (κ3) is 3.81. The number of ether oxygens (including phenoxy) is 1. The van der Waals surface area contributed by atoms with Crippen molar-refractivity contribution >= 4 is 16.0 Å². The van der Waals surface area contributed by atoms with Gasteiger partial charge in [-0.15, -0.1) is 0 Å². The van der Waals surface area contributed by atoms with E-state index >= 15 is 0 Å². The summed E-state index contributed by atoms with van der Waals surface area (Å²) in [5.41, 5.74) is -0.0477. The molecular weight excluding hydrogens is 294 g/mol. The van der Waals surface area contributed by atoms with Crippen molar-refractivity contribution < 1.29 is 23.1 Å². The number of aromatic carboxylic acids is 1. The zero-order chi connectivity index (χ0) is 15.5. The molecule has 1 aliphatic heterocycles. The van der Waals surface area contributed by atoms with Gasteiger partial charge in [0.05, 0.1) is 16.6 Å². The van der Waals surface area contributed by atoms with Crippen LogP contribution in [0.15, 0.2) is 29.2 Å². The Bertz CT molecular complexity index is 614. The van der Waals surface area contributed by atoms with Gasteiger partial charge in [-0.05, 0) is 31.0 Å². The minimum absolute atomic E-state index is 0.0330. The maximum Gasteiger partial charge on any atom is 0.335 e. The van der Waals surface area contributed by atoms with Gasteiger partial charge in [0.25, 0.3) is 0 Å². The van der Waals surface area contributed by atoms with Gasteiger partial charge in [-0.3, -0.25) is 0 Å². The largest absolute Gasteiger partial charge is 0.478 e. The molecule has 0 aliphatic carbocycles. The van der Waals surface area contributed by atoms with Crippen LogP contribution >= 0.6 is 0 Å². The van der Waals surface area contributed by atoms with Crippen LogP contribution in [0.4, 0.5) is 0 Å². The van der Waals surface area contributed by atoms with Crippen LogP contribution in [0, 0.1) is 5.92 Å². The summed E-state index contributed by atoms with van der Waals surface area (Å²) in [5.74, 6) is -0.991. The van der Waals surface area contributed by atoms with Crippen molar-refractivity contribution in [3.63, 3.8) is 0 Å². The van der Waals surface area contributed by atoms with Crippen LogP contribution in [0.1, 0.15) is 30.1 Å². The molecule has 2 atom stereocenters. The summed E-state index contributed by atoms with van der Waals surface area (Å²) in [6.45, 7) is 2.96. The van der Waals surface area contributed by atoms with Crippen LogP contribution < -0.4 is 4.72 Å². The molecule has 0 amide bonds. The number of hydrogen-bond donors (Lipinski definition) is 2. The first-order chi connectivity index (χ1) is 9.94. The lowest BCUT2D eigenvalue weighted by atomic mass is 10.0. The van der Waals surface area contributed by atoms with Gasteiger partial charge in [0.2, 0.25) is 10.0 Å². The second-order valence-electron chi connectivity index (χ2n) is 5.05. The topological polar surface area (TPSA) is 92.7 Å². The molecule has 2 N–H and O–H groups in total. The number of carboxylic acid groups (broad SMARTS) is 1. The van der Waals surface area contributed by atoms with Crippen molar-refractivity contribution in [3.8, 4) is 0 Å². The zero-order valence-electron chi connectivity index (χ0n) is 11.8. The van der Waals surface area contributed by atoms with E-state index in [0.29, 0.717) is 13.2 Å². The second-order valence-corrected chi connectivity index (χ2v) is 6.82. The van der Waals surface area contributed by atoms with Crippen LogP contribution in [0.2, 0.25) is 0 Å². The summed E-state index contributed by atoms with van der Waals surface area (Å²) < 4.78 is 32.5. The summed E-state index contributed by atoms with van der Waals surface area (Å²) in [4.78, 5) is 10.9. The van der Waals surface area contributed by atoms with E-state index in [2.05, 4.69) is 4.72 Å². The van der Waals surface area contributed by atoms with E-state index in [0.717, 1.165) is 18.9 Å². The Morgan fingerprint density at radius 3 is 2.90 bits per heavy atom. The highest BCUT2D eigenvalue weighted by molar-refractivity contribution is 7.89. The SMILES string of the molecule is CCC1OCCC1CNS(=O)(=O)c1cccc(C(=O)O)c1. The van der Waals surface area contributed by atoms with Gasteiger partial charge in [0.15, 0.2) is 0 Å². The van der Waals surface area contributed by atoms with Gasteiger partial charge < -0.3 is 9.84 Å². The Balaban J connectivity index is 2.08. The maximum atomic E-state index is 12.2. The van der Waals surface area contributed by atoms with Gasteiger partial charge >= 0.3 is 5.97 Å². The molecule has 6 nitrogen and oxygen atoms in total. The van der Waals surface area contributed by atoms with Crippen LogP contribution in [-0.4, -0.2) is 38.7 Å². The highest BCUT2D eigenvalue weighted by atomic mass is 32.2. The van der Waals surface area contributed by atoms with Gasteiger partial charge in [-0.1, -0.05) is 13.0 Å². The molecule has 1 aliphatic rings. The van der Waals surface area contributed by atoms with E-state index in [9.17, 15) is 13.2 Å². The maximum absolute atomic E-state index is 12.2. The van der Waals surface area contributed by atoms with Crippen molar-refractivity contribution in [2.24, 2.45) is 5.92 Å². The molecule has 0 radical (unpaired) electrons. The Kier molecular flexibility index (Phi) is 4.97. The number of sulfonamides is 1. The molecule has 7 heteroatoms. The van der Waals surface area contributed by atoms with Crippen molar-refractivity contribution in [2.75, 3.05) is 13.2 Å². The first-order valence-electron chi connectivity index (χ1n) is 6.88. The Hall–Kier alpha value is -1.44. The molecule has 0 spiro atoms. The molecule has 0 saturated carbocycles. The van der Waals surface area contributed by atoms with Gasteiger partial charge in [-0.25, -0.2) is 17.9 Å². The number of carbonyl (C=O) groups is 1. The van der Waals surface area contributed by atoms with Crippen LogP contribution in [-0.2, 0) is 14.8 Å². The number of nitrogens with one attached hydrogen (secondary N) is 1. The number of carboxylic acids is 1. The molecule has 21 heavy (non-hydrogen) atoms. The van der Waals surface area contributed by atoms with Crippen molar-refractivity contribution in [2.45, 2.75) is 30.8 Å². The number of hydrogen-bond acceptors (Lipinski definition) is 4. The second kappa shape index (κ2) is 6.55. The Morgan fingerprint density at radius 2 is 2.24 bits per heavy atom. The smallest absolute Gasteiger partial charge is 0.335 e. The molecule has 1 heterocycles. The standard InChI is InChI=1S/C14H19NO5S/c1-2-13-11(6-7-20-13)9-15-21(18,19)12-5-3-4-10(8-12)14(16)17/h3-5,8,11,13,15H,2,6-7,9H2,1H3,(H,16,17). The summed E-state index contributed by atoms with van der Waals surface area (Å²) in [7, 11) is -3.70. The van der Waals surface area contributed by atoms with Crippen LogP contribution in [0.25, 0.3) is 0 Å². The minimum Gasteiger partial charge on any atom is -0.478 e. The summed E-state index contributed by atoms with van der Waals surface area (Å²) >= 11 is 0. The van der Waals surface area contributed by atoms with Crippen LogP contribution in [0.3, 0.4) is 0 Å². The third-order valence-corrected chi connectivity index (χ3v) is 5.10. The fourth-order valence-electron chi connectivity index (χ4n) is 2.47. The van der Waals surface area contributed by atoms with Crippen molar-refractivity contribution in [1.29, 1.82) is 0 Å². The molecule has 0 bridgehead atoms. The average molecular weight is 313 g/mol. The highest BCUT2D eigenvalue weighted by Crippen LogP contribution is 2.23. The Labute approximate surface area is 124 Å². The summed E-state index contributed by atoms with van der Waals surface area (Å²) in [6, 6.07) is 5.33. The molecule has 1 fully saturated rings. The van der Waals surface area contributed by atoms with Gasteiger partial charge in [0.1, 0.15) is 0 Å². The third-order valence-electron chi connectivity index (χ3n) is 3.68. The lowest BCUT2D eigenvalue weighted by Crippen LogP contribution is -2.32. The lowest BCUT2D eigenvalue weighted by molar-refractivity contribution is 0.0696. The highest BCUT2D eigenvalue weighted by Gasteiger charge is 2.28. The predicted molar refractivity (Wildman–Crippen MR) is 76.7 cm³/mol. The molecule has 1 aromatic carbocycles. The first kappa shape index (κ1) is 15.9. The minimum atomic E-state index is -3.70. The van der Waals surface area contributed by atoms with E-state index in [1.807, 2.05) is 6.92 Å².